The lowest BCUT2D eigenvalue weighted by molar-refractivity contribution is 0.475. The van der Waals surface area contributed by atoms with E-state index in [0.717, 1.165) is 23.4 Å². The molecule has 2 nitrogen and oxygen atoms in total. The molecule has 1 N–H and O–H groups in total. The number of hydrogen-bond acceptors (Lipinski definition) is 2. The third-order valence-electron chi connectivity index (χ3n) is 3.11. The first-order chi connectivity index (χ1) is 8.11. The summed E-state index contributed by atoms with van der Waals surface area (Å²) in [7, 11) is 0. The number of aromatic hydroxyl groups is 1. The van der Waals surface area contributed by atoms with Crippen molar-refractivity contribution >= 4 is 28.8 Å². The SMILES string of the molecule is Br.CCC1=C(C)/C(=C/c2ccc(O)cc2)N=C1C. The van der Waals surface area contributed by atoms with E-state index >= 15 is 0 Å². The zero-order chi connectivity index (χ0) is 12.4. The normalized spacial score (nSPS) is 16.8. The van der Waals surface area contributed by atoms with E-state index in [0.29, 0.717) is 5.75 Å². The van der Waals surface area contributed by atoms with Crippen molar-refractivity contribution < 1.29 is 5.11 Å². The van der Waals surface area contributed by atoms with Crippen molar-refractivity contribution in [3.8, 4) is 5.75 Å². The fraction of sp³-hybridized carbons (Fsp3) is 0.267. The first-order valence-electron chi connectivity index (χ1n) is 5.88. The van der Waals surface area contributed by atoms with Gasteiger partial charge in [0, 0.05) is 5.71 Å². The van der Waals surface area contributed by atoms with Gasteiger partial charge in [0.15, 0.2) is 0 Å². The van der Waals surface area contributed by atoms with E-state index in [-0.39, 0.29) is 17.0 Å². The number of allylic oxidation sites excluding steroid dienone is 2. The number of nitrogens with zero attached hydrogens (tertiary/aromatic N) is 1. The van der Waals surface area contributed by atoms with Crippen molar-refractivity contribution in [3.63, 3.8) is 0 Å². The van der Waals surface area contributed by atoms with E-state index in [9.17, 15) is 5.11 Å². The quantitative estimate of drug-likeness (QED) is 0.856. The lowest BCUT2D eigenvalue weighted by Gasteiger charge is -2.00. The minimum atomic E-state index is 0. The van der Waals surface area contributed by atoms with Crippen LogP contribution in [0.1, 0.15) is 32.8 Å². The van der Waals surface area contributed by atoms with Crippen LogP contribution < -0.4 is 0 Å². The lowest BCUT2D eigenvalue weighted by atomic mass is 10.0. The average Bonchev–Trinajstić information content (AvgIpc) is 2.57. The summed E-state index contributed by atoms with van der Waals surface area (Å²) < 4.78 is 0. The maximum Gasteiger partial charge on any atom is 0.115 e. The monoisotopic (exact) mass is 307 g/mol. The van der Waals surface area contributed by atoms with Gasteiger partial charge in [0.1, 0.15) is 5.75 Å². The second-order valence-electron chi connectivity index (χ2n) is 4.28. The Bertz CT molecular complexity index is 524. The molecule has 1 heterocycles. The summed E-state index contributed by atoms with van der Waals surface area (Å²) in [5.41, 5.74) is 5.82. The molecule has 0 radical (unpaired) electrons. The molecular weight excluding hydrogens is 290 g/mol. The molecule has 0 amide bonds. The zero-order valence-corrected chi connectivity index (χ0v) is 12.6. The molecule has 1 aliphatic rings. The molecule has 1 aromatic rings. The molecule has 3 heteroatoms. The van der Waals surface area contributed by atoms with Gasteiger partial charge in [-0.2, -0.15) is 0 Å². The van der Waals surface area contributed by atoms with Gasteiger partial charge in [-0.15, -0.1) is 17.0 Å². The Labute approximate surface area is 119 Å². The highest BCUT2D eigenvalue weighted by molar-refractivity contribution is 8.93. The van der Waals surface area contributed by atoms with Gasteiger partial charge in [-0.1, -0.05) is 19.1 Å². The van der Waals surface area contributed by atoms with E-state index in [1.165, 1.54) is 11.1 Å². The van der Waals surface area contributed by atoms with E-state index in [2.05, 4.69) is 31.8 Å². The largest absolute Gasteiger partial charge is 0.508 e. The van der Waals surface area contributed by atoms with E-state index in [4.69, 9.17) is 0 Å². The maximum absolute atomic E-state index is 9.23. The summed E-state index contributed by atoms with van der Waals surface area (Å²) in [5, 5.41) is 9.23. The summed E-state index contributed by atoms with van der Waals surface area (Å²) in [5.74, 6) is 0.291. The molecule has 0 aromatic heterocycles. The summed E-state index contributed by atoms with van der Waals surface area (Å²) >= 11 is 0. The minimum Gasteiger partial charge on any atom is -0.508 e. The van der Waals surface area contributed by atoms with Gasteiger partial charge in [0.25, 0.3) is 0 Å². The second-order valence-corrected chi connectivity index (χ2v) is 4.28. The predicted octanol–water partition coefficient (Wildman–Crippen LogP) is 4.51. The van der Waals surface area contributed by atoms with Crippen molar-refractivity contribution in [2.24, 2.45) is 4.99 Å². The molecule has 0 aliphatic carbocycles. The fourth-order valence-corrected chi connectivity index (χ4v) is 2.15. The second kappa shape index (κ2) is 6.01. The number of phenols is 1. The molecule has 1 aromatic carbocycles. The first kappa shape index (κ1) is 14.7. The fourth-order valence-electron chi connectivity index (χ4n) is 2.15. The summed E-state index contributed by atoms with van der Waals surface area (Å²) in [6.45, 7) is 6.33. The Kier molecular flexibility index (Phi) is 4.91. The zero-order valence-electron chi connectivity index (χ0n) is 10.9. The summed E-state index contributed by atoms with van der Waals surface area (Å²) in [4.78, 5) is 4.58. The molecule has 0 unspecified atom stereocenters. The Hall–Kier alpha value is -1.35. The predicted molar refractivity (Wildman–Crippen MR) is 82.5 cm³/mol. The standard InChI is InChI=1S/C15H17NO.BrH/c1-4-14-10(2)15(16-11(14)3)9-12-5-7-13(17)8-6-12;/h5-9,17H,4H2,1-3H3;1H/b15-9-;. The number of halogens is 1. The number of benzene rings is 1. The Morgan fingerprint density at radius 2 is 1.78 bits per heavy atom. The molecular formula is C15H18BrNO. The third kappa shape index (κ3) is 2.91. The Balaban J connectivity index is 0.00000162. The van der Waals surface area contributed by atoms with Crippen molar-refractivity contribution in [3.05, 3.63) is 46.7 Å². The highest BCUT2D eigenvalue weighted by Gasteiger charge is 2.15. The molecule has 18 heavy (non-hydrogen) atoms. The summed E-state index contributed by atoms with van der Waals surface area (Å²) in [6, 6.07) is 7.17. The summed E-state index contributed by atoms with van der Waals surface area (Å²) in [6.07, 6.45) is 3.08. The molecule has 0 fully saturated rings. The number of phenolic OH excluding ortho intramolecular Hbond substituents is 1. The van der Waals surface area contributed by atoms with Gasteiger partial charge in [-0.3, -0.25) is 4.99 Å². The van der Waals surface area contributed by atoms with Crippen LogP contribution in [0.25, 0.3) is 6.08 Å². The number of rotatable bonds is 2. The van der Waals surface area contributed by atoms with Crippen LogP contribution in [0, 0.1) is 0 Å². The van der Waals surface area contributed by atoms with Crippen LogP contribution in [0.2, 0.25) is 0 Å². The molecule has 1 aliphatic heterocycles. The highest BCUT2D eigenvalue weighted by Crippen LogP contribution is 2.28. The van der Waals surface area contributed by atoms with Crippen LogP contribution in [0.5, 0.6) is 5.75 Å². The van der Waals surface area contributed by atoms with Crippen LogP contribution in [-0.4, -0.2) is 10.8 Å². The molecule has 0 saturated heterocycles. The van der Waals surface area contributed by atoms with Crippen LogP contribution >= 0.6 is 17.0 Å². The van der Waals surface area contributed by atoms with Crippen LogP contribution in [0.3, 0.4) is 0 Å². The smallest absolute Gasteiger partial charge is 0.115 e. The Morgan fingerprint density at radius 1 is 1.17 bits per heavy atom. The van der Waals surface area contributed by atoms with Gasteiger partial charge in [0.2, 0.25) is 0 Å². The molecule has 0 bridgehead atoms. The molecule has 2 rings (SSSR count). The first-order valence-corrected chi connectivity index (χ1v) is 5.88. The van der Waals surface area contributed by atoms with E-state index in [1.54, 1.807) is 12.1 Å². The lowest BCUT2D eigenvalue weighted by Crippen LogP contribution is -1.91. The van der Waals surface area contributed by atoms with Crippen LogP contribution in [0.4, 0.5) is 0 Å². The van der Waals surface area contributed by atoms with Gasteiger partial charge in [-0.05, 0) is 55.2 Å². The van der Waals surface area contributed by atoms with Crippen molar-refractivity contribution in [1.82, 2.24) is 0 Å². The number of hydrogen-bond donors (Lipinski definition) is 1. The number of aliphatic imine (C=N–C) groups is 1. The van der Waals surface area contributed by atoms with Crippen molar-refractivity contribution in [1.29, 1.82) is 0 Å². The van der Waals surface area contributed by atoms with E-state index < -0.39 is 0 Å². The highest BCUT2D eigenvalue weighted by atomic mass is 79.9. The van der Waals surface area contributed by atoms with Gasteiger partial charge < -0.3 is 5.11 Å². The van der Waals surface area contributed by atoms with Gasteiger partial charge in [0.05, 0.1) is 5.70 Å². The van der Waals surface area contributed by atoms with Gasteiger partial charge in [-0.25, -0.2) is 0 Å². The molecule has 0 spiro atoms. The van der Waals surface area contributed by atoms with Gasteiger partial charge >= 0.3 is 0 Å². The van der Waals surface area contributed by atoms with Crippen molar-refractivity contribution in [2.75, 3.05) is 0 Å². The molecule has 0 saturated carbocycles. The molecule has 96 valence electrons. The minimum absolute atomic E-state index is 0. The maximum atomic E-state index is 9.23. The third-order valence-corrected chi connectivity index (χ3v) is 3.11. The van der Waals surface area contributed by atoms with E-state index in [1.807, 2.05) is 12.1 Å². The average molecular weight is 308 g/mol. The molecule has 0 atom stereocenters. The van der Waals surface area contributed by atoms with Crippen LogP contribution in [0.15, 0.2) is 46.1 Å². The van der Waals surface area contributed by atoms with Crippen molar-refractivity contribution in [2.45, 2.75) is 27.2 Å². The van der Waals surface area contributed by atoms with Crippen LogP contribution in [-0.2, 0) is 0 Å². The Morgan fingerprint density at radius 3 is 2.28 bits per heavy atom. The topological polar surface area (TPSA) is 32.6 Å².